The van der Waals surface area contributed by atoms with Crippen molar-refractivity contribution in [2.45, 2.75) is 6.92 Å². The molecule has 0 saturated carbocycles. The maximum Gasteiger partial charge on any atom is 0.328 e. The molecule has 1 aromatic rings. The van der Waals surface area contributed by atoms with E-state index in [1.54, 1.807) is 25.3 Å². The third kappa shape index (κ3) is 3.31. The van der Waals surface area contributed by atoms with Crippen molar-refractivity contribution in [1.82, 2.24) is 0 Å². The minimum absolute atomic E-state index is 0.515. The molecule has 0 bridgehead atoms. The molecule has 0 spiro atoms. The first-order valence-corrected chi connectivity index (χ1v) is 4.89. The summed E-state index contributed by atoms with van der Waals surface area (Å²) in [6.45, 7) is 2.38. The number of carbonyl (C=O) groups is 1. The number of hydrogen-bond donors (Lipinski definition) is 1. The van der Waals surface area contributed by atoms with Gasteiger partial charge in [-0.1, -0.05) is 0 Å². The van der Waals surface area contributed by atoms with E-state index in [0.29, 0.717) is 23.7 Å². The number of benzene rings is 1. The first-order chi connectivity index (χ1) is 7.67. The largest absolute Gasteiger partial charge is 0.497 e. The maximum absolute atomic E-state index is 10.4. The molecule has 0 radical (unpaired) electrons. The van der Waals surface area contributed by atoms with Crippen molar-refractivity contribution in [3.63, 3.8) is 0 Å². The Labute approximate surface area is 94.1 Å². The van der Waals surface area contributed by atoms with Gasteiger partial charge in [0.2, 0.25) is 0 Å². The zero-order chi connectivity index (χ0) is 12.0. The molecule has 1 rings (SSSR count). The van der Waals surface area contributed by atoms with Crippen molar-refractivity contribution in [3.8, 4) is 11.5 Å². The average molecular weight is 222 g/mol. The van der Waals surface area contributed by atoms with Gasteiger partial charge in [-0.05, 0) is 25.1 Å². The Morgan fingerprint density at radius 3 is 2.81 bits per heavy atom. The second-order valence-electron chi connectivity index (χ2n) is 3.01. The molecule has 4 nitrogen and oxygen atoms in total. The van der Waals surface area contributed by atoms with Crippen LogP contribution in [0.4, 0.5) is 0 Å². The lowest BCUT2D eigenvalue weighted by Crippen LogP contribution is -1.95. The molecule has 0 aromatic heterocycles. The summed E-state index contributed by atoms with van der Waals surface area (Å²) in [6, 6.07) is 5.23. The molecule has 0 fully saturated rings. The number of hydrogen-bond acceptors (Lipinski definition) is 3. The SMILES string of the molecule is CCOc1cc(OC)ccc1/C=C/C(=O)O. The highest BCUT2D eigenvalue weighted by Crippen LogP contribution is 2.25. The molecule has 0 aliphatic rings. The highest BCUT2D eigenvalue weighted by Gasteiger charge is 2.03. The summed E-state index contributed by atoms with van der Waals surface area (Å²) < 4.78 is 10.4. The van der Waals surface area contributed by atoms with Gasteiger partial charge in [-0.2, -0.15) is 0 Å². The lowest BCUT2D eigenvalue weighted by molar-refractivity contribution is -0.131. The van der Waals surface area contributed by atoms with E-state index >= 15 is 0 Å². The molecule has 0 heterocycles. The van der Waals surface area contributed by atoms with Gasteiger partial charge in [-0.3, -0.25) is 0 Å². The quantitative estimate of drug-likeness (QED) is 0.776. The Kier molecular flexibility index (Phi) is 4.39. The summed E-state index contributed by atoms with van der Waals surface area (Å²) in [4.78, 5) is 10.4. The van der Waals surface area contributed by atoms with Crippen LogP contribution in [0.5, 0.6) is 11.5 Å². The number of carboxylic acids is 1. The molecule has 1 N–H and O–H groups in total. The van der Waals surface area contributed by atoms with Crippen LogP contribution in [0.1, 0.15) is 12.5 Å². The lowest BCUT2D eigenvalue weighted by Gasteiger charge is -2.08. The topological polar surface area (TPSA) is 55.8 Å². The van der Waals surface area contributed by atoms with Gasteiger partial charge in [0.15, 0.2) is 0 Å². The Morgan fingerprint density at radius 1 is 1.50 bits per heavy atom. The van der Waals surface area contributed by atoms with Crippen molar-refractivity contribution < 1.29 is 19.4 Å². The number of methoxy groups -OCH3 is 1. The van der Waals surface area contributed by atoms with Crippen molar-refractivity contribution in [2.75, 3.05) is 13.7 Å². The number of rotatable bonds is 5. The van der Waals surface area contributed by atoms with Crippen molar-refractivity contribution in [3.05, 3.63) is 29.8 Å². The van der Waals surface area contributed by atoms with E-state index in [9.17, 15) is 4.79 Å². The zero-order valence-corrected chi connectivity index (χ0v) is 9.27. The smallest absolute Gasteiger partial charge is 0.328 e. The van der Waals surface area contributed by atoms with E-state index in [-0.39, 0.29) is 0 Å². The fraction of sp³-hybridized carbons (Fsp3) is 0.250. The summed E-state index contributed by atoms with van der Waals surface area (Å²) in [7, 11) is 1.57. The Morgan fingerprint density at radius 2 is 2.25 bits per heavy atom. The Hall–Kier alpha value is -1.97. The van der Waals surface area contributed by atoms with Crippen molar-refractivity contribution in [2.24, 2.45) is 0 Å². The molecule has 0 amide bonds. The Bertz CT molecular complexity index is 396. The molecule has 0 aliphatic heterocycles. The van der Waals surface area contributed by atoms with Crippen LogP contribution in [-0.2, 0) is 4.79 Å². The van der Waals surface area contributed by atoms with Crippen LogP contribution >= 0.6 is 0 Å². The molecule has 0 unspecified atom stereocenters. The van der Waals surface area contributed by atoms with Crippen LogP contribution in [0, 0.1) is 0 Å². The molecule has 4 heteroatoms. The molecule has 0 aliphatic carbocycles. The molecule has 0 saturated heterocycles. The molecule has 86 valence electrons. The minimum atomic E-state index is -0.988. The summed E-state index contributed by atoms with van der Waals surface area (Å²) in [5, 5.41) is 8.54. The highest BCUT2D eigenvalue weighted by atomic mass is 16.5. The molecular weight excluding hydrogens is 208 g/mol. The van der Waals surface area contributed by atoms with E-state index in [4.69, 9.17) is 14.6 Å². The molecule has 16 heavy (non-hydrogen) atoms. The van der Waals surface area contributed by atoms with Crippen LogP contribution in [0.3, 0.4) is 0 Å². The summed E-state index contributed by atoms with van der Waals surface area (Å²) in [5.41, 5.74) is 0.713. The fourth-order valence-electron chi connectivity index (χ4n) is 1.22. The lowest BCUT2D eigenvalue weighted by atomic mass is 10.1. The first kappa shape index (κ1) is 12.1. The maximum atomic E-state index is 10.4. The van der Waals surface area contributed by atoms with Crippen molar-refractivity contribution >= 4 is 12.0 Å². The fourth-order valence-corrected chi connectivity index (χ4v) is 1.22. The predicted molar refractivity (Wildman–Crippen MR) is 60.8 cm³/mol. The van der Waals surface area contributed by atoms with Gasteiger partial charge in [-0.15, -0.1) is 0 Å². The third-order valence-electron chi connectivity index (χ3n) is 1.93. The van der Waals surface area contributed by atoms with E-state index in [1.165, 1.54) is 6.08 Å². The van der Waals surface area contributed by atoms with Crippen LogP contribution in [0.15, 0.2) is 24.3 Å². The average Bonchev–Trinajstić information content (AvgIpc) is 2.27. The summed E-state index contributed by atoms with van der Waals surface area (Å²) in [6.07, 6.45) is 2.57. The molecular formula is C12H14O4. The van der Waals surface area contributed by atoms with Crippen LogP contribution < -0.4 is 9.47 Å². The van der Waals surface area contributed by atoms with Crippen molar-refractivity contribution in [1.29, 1.82) is 0 Å². The van der Waals surface area contributed by atoms with Gasteiger partial charge >= 0.3 is 5.97 Å². The molecule has 1 aromatic carbocycles. The van der Waals surface area contributed by atoms with Gasteiger partial charge in [0.1, 0.15) is 11.5 Å². The van der Waals surface area contributed by atoms with E-state index in [2.05, 4.69) is 0 Å². The van der Waals surface area contributed by atoms with E-state index in [0.717, 1.165) is 6.08 Å². The zero-order valence-electron chi connectivity index (χ0n) is 9.27. The third-order valence-corrected chi connectivity index (χ3v) is 1.93. The highest BCUT2D eigenvalue weighted by molar-refractivity contribution is 5.86. The Balaban J connectivity index is 3.02. The second-order valence-corrected chi connectivity index (χ2v) is 3.01. The normalized spacial score (nSPS) is 10.4. The number of aliphatic carboxylic acids is 1. The molecule has 0 atom stereocenters. The summed E-state index contributed by atoms with van der Waals surface area (Å²) in [5.74, 6) is 0.300. The van der Waals surface area contributed by atoms with Gasteiger partial charge < -0.3 is 14.6 Å². The van der Waals surface area contributed by atoms with E-state index < -0.39 is 5.97 Å². The standard InChI is InChI=1S/C12H14O4/c1-3-16-11-8-10(15-2)6-4-9(11)5-7-12(13)14/h4-8H,3H2,1-2H3,(H,13,14)/b7-5+. The summed E-state index contributed by atoms with van der Waals surface area (Å²) >= 11 is 0. The minimum Gasteiger partial charge on any atom is -0.497 e. The van der Waals surface area contributed by atoms with Crippen LogP contribution in [-0.4, -0.2) is 24.8 Å². The number of ether oxygens (including phenoxy) is 2. The van der Waals surface area contributed by atoms with E-state index in [1.807, 2.05) is 6.92 Å². The van der Waals surface area contributed by atoms with Crippen LogP contribution in [0.25, 0.3) is 6.08 Å². The van der Waals surface area contributed by atoms with Gasteiger partial charge in [0, 0.05) is 17.7 Å². The van der Waals surface area contributed by atoms with Gasteiger partial charge in [0.25, 0.3) is 0 Å². The predicted octanol–water partition coefficient (Wildman–Crippen LogP) is 2.19. The first-order valence-electron chi connectivity index (χ1n) is 4.89. The van der Waals surface area contributed by atoms with Crippen LogP contribution in [0.2, 0.25) is 0 Å². The van der Waals surface area contributed by atoms with Gasteiger partial charge in [-0.25, -0.2) is 4.79 Å². The monoisotopic (exact) mass is 222 g/mol. The second kappa shape index (κ2) is 5.80. The van der Waals surface area contributed by atoms with Gasteiger partial charge in [0.05, 0.1) is 13.7 Å². The number of carboxylic acid groups (broad SMARTS) is 1.